The molecule has 0 amide bonds. The lowest BCUT2D eigenvalue weighted by atomic mass is 9.93. The van der Waals surface area contributed by atoms with Gasteiger partial charge in [0.15, 0.2) is 0 Å². The topological polar surface area (TPSA) is 98.6 Å². The van der Waals surface area contributed by atoms with Gasteiger partial charge in [-0.2, -0.15) is 0 Å². The Labute approximate surface area is 127 Å². The molecule has 6 nitrogen and oxygen atoms in total. The molecule has 1 rings (SSSR count). The van der Waals surface area contributed by atoms with Crippen molar-refractivity contribution in [2.45, 2.75) is 18.7 Å². The van der Waals surface area contributed by atoms with Gasteiger partial charge in [-0.25, -0.2) is 13.6 Å². The van der Waals surface area contributed by atoms with Gasteiger partial charge in [0.1, 0.15) is 12.4 Å². The maximum Gasteiger partial charge on any atom is 0.238 e. The van der Waals surface area contributed by atoms with E-state index >= 15 is 0 Å². The summed E-state index contributed by atoms with van der Waals surface area (Å²) in [6, 6.07) is 6.07. The van der Waals surface area contributed by atoms with Crippen molar-refractivity contribution in [1.82, 2.24) is 4.90 Å². The summed E-state index contributed by atoms with van der Waals surface area (Å²) in [5.74, 6) is 0.619. The maximum absolute atomic E-state index is 11.1. The van der Waals surface area contributed by atoms with E-state index in [4.69, 9.17) is 15.6 Å². The summed E-state index contributed by atoms with van der Waals surface area (Å²) in [6.45, 7) is 7.04. The fourth-order valence-corrected chi connectivity index (χ4v) is 2.43. The van der Waals surface area contributed by atoms with Crippen LogP contribution in [-0.2, 0) is 10.0 Å². The molecule has 0 heterocycles. The molecule has 1 aromatic rings. The van der Waals surface area contributed by atoms with Gasteiger partial charge in [0.2, 0.25) is 10.0 Å². The van der Waals surface area contributed by atoms with E-state index in [2.05, 4.69) is 18.7 Å². The number of nitrogens with zero attached hydrogens (tertiary/aromatic N) is 1. The average molecular weight is 315 g/mol. The van der Waals surface area contributed by atoms with Crippen LogP contribution in [0, 0.1) is 5.41 Å². The monoisotopic (exact) mass is 315 g/mol. The number of ether oxygens (including phenoxy) is 1. The molecule has 0 atom stereocenters. The predicted octanol–water partition coefficient (Wildman–Crippen LogP) is 0.630. The fraction of sp³-hybridized carbons (Fsp3) is 0.571. The van der Waals surface area contributed by atoms with E-state index in [-0.39, 0.29) is 10.3 Å². The van der Waals surface area contributed by atoms with Gasteiger partial charge in [-0.05, 0) is 43.3 Å². The first-order valence-electron chi connectivity index (χ1n) is 6.78. The maximum atomic E-state index is 11.1. The zero-order valence-electron chi connectivity index (χ0n) is 12.9. The van der Waals surface area contributed by atoms with Gasteiger partial charge in [-0.15, -0.1) is 0 Å². The van der Waals surface area contributed by atoms with Gasteiger partial charge < -0.3 is 15.4 Å². The molecule has 0 fully saturated rings. The quantitative estimate of drug-likeness (QED) is 0.733. The molecule has 21 heavy (non-hydrogen) atoms. The van der Waals surface area contributed by atoms with Crippen LogP contribution in [0.5, 0.6) is 5.75 Å². The molecule has 4 N–H and O–H groups in total. The van der Waals surface area contributed by atoms with Crippen LogP contribution in [0.3, 0.4) is 0 Å². The van der Waals surface area contributed by atoms with Crippen molar-refractivity contribution in [3.8, 4) is 5.75 Å². The predicted molar refractivity (Wildman–Crippen MR) is 83.6 cm³/mol. The Bertz CT molecular complexity index is 541. The van der Waals surface area contributed by atoms with Gasteiger partial charge in [0, 0.05) is 13.1 Å². The second-order valence-electron chi connectivity index (χ2n) is 5.97. The normalized spacial score (nSPS) is 12.7. The minimum atomic E-state index is -3.65. The van der Waals surface area contributed by atoms with E-state index in [1.54, 1.807) is 12.1 Å². The number of nitrogens with two attached hydrogens (primary N) is 2. The molecule has 120 valence electrons. The van der Waals surface area contributed by atoms with Gasteiger partial charge >= 0.3 is 0 Å². The van der Waals surface area contributed by atoms with Crippen LogP contribution in [0.2, 0.25) is 0 Å². The van der Waals surface area contributed by atoms with Crippen LogP contribution in [0.1, 0.15) is 13.8 Å². The lowest BCUT2D eigenvalue weighted by Crippen LogP contribution is -2.38. The van der Waals surface area contributed by atoms with Crippen LogP contribution in [0.4, 0.5) is 0 Å². The molecule has 0 saturated heterocycles. The SMILES string of the molecule is CN(CCOc1ccc(S(N)(=O)=O)cc1)CC(C)(C)CN. The van der Waals surface area contributed by atoms with Gasteiger partial charge in [0.05, 0.1) is 4.90 Å². The van der Waals surface area contributed by atoms with E-state index in [1.807, 2.05) is 7.05 Å². The third-order valence-electron chi connectivity index (χ3n) is 3.14. The molecule has 0 aliphatic heterocycles. The van der Waals surface area contributed by atoms with Crippen molar-refractivity contribution < 1.29 is 13.2 Å². The largest absolute Gasteiger partial charge is 0.492 e. The summed E-state index contributed by atoms with van der Waals surface area (Å²) in [5, 5.41) is 5.03. The van der Waals surface area contributed by atoms with Gasteiger partial charge in [-0.3, -0.25) is 0 Å². The number of sulfonamides is 1. The molecule has 0 radical (unpaired) electrons. The molecule has 0 aromatic heterocycles. The zero-order valence-corrected chi connectivity index (χ0v) is 13.7. The molecule has 0 spiro atoms. The highest BCUT2D eigenvalue weighted by Gasteiger charge is 2.17. The summed E-state index contributed by atoms with van der Waals surface area (Å²) in [7, 11) is -1.63. The second-order valence-corrected chi connectivity index (χ2v) is 7.53. The Morgan fingerprint density at radius 1 is 1.24 bits per heavy atom. The molecule has 7 heteroatoms. The molecule has 0 unspecified atom stereocenters. The number of primary sulfonamides is 1. The molecule has 0 aliphatic carbocycles. The van der Waals surface area contributed by atoms with Crippen LogP contribution in [-0.4, -0.2) is 46.6 Å². The fourth-order valence-electron chi connectivity index (χ4n) is 1.92. The van der Waals surface area contributed by atoms with Crippen molar-refractivity contribution in [1.29, 1.82) is 0 Å². The summed E-state index contributed by atoms with van der Waals surface area (Å²) in [5.41, 5.74) is 5.78. The minimum absolute atomic E-state index is 0.0753. The summed E-state index contributed by atoms with van der Waals surface area (Å²) in [6.07, 6.45) is 0. The lowest BCUT2D eigenvalue weighted by Gasteiger charge is -2.28. The Morgan fingerprint density at radius 3 is 2.29 bits per heavy atom. The van der Waals surface area contributed by atoms with E-state index in [1.165, 1.54) is 12.1 Å². The van der Waals surface area contributed by atoms with Crippen LogP contribution in [0.25, 0.3) is 0 Å². The van der Waals surface area contributed by atoms with Crippen molar-refractivity contribution in [2.75, 3.05) is 33.3 Å². The van der Waals surface area contributed by atoms with Crippen molar-refractivity contribution in [2.24, 2.45) is 16.3 Å². The number of hydrogen-bond acceptors (Lipinski definition) is 5. The molecule has 0 saturated carbocycles. The Balaban J connectivity index is 2.43. The molecule has 1 aromatic carbocycles. The third kappa shape index (κ3) is 6.43. The van der Waals surface area contributed by atoms with E-state index in [9.17, 15) is 8.42 Å². The highest BCUT2D eigenvalue weighted by Crippen LogP contribution is 2.16. The van der Waals surface area contributed by atoms with Crippen molar-refractivity contribution in [3.63, 3.8) is 0 Å². The molecular formula is C14H25N3O3S. The molecule has 0 bridgehead atoms. The summed E-state index contributed by atoms with van der Waals surface area (Å²) >= 11 is 0. The Hall–Kier alpha value is -1.15. The summed E-state index contributed by atoms with van der Waals surface area (Å²) < 4.78 is 27.8. The zero-order chi connectivity index (χ0) is 16.1. The highest BCUT2D eigenvalue weighted by molar-refractivity contribution is 7.89. The first-order chi connectivity index (χ1) is 9.64. The number of likely N-dealkylation sites (N-methyl/N-ethyl adjacent to an activating group) is 1. The molecular weight excluding hydrogens is 290 g/mol. The van der Waals surface area contributed by atoms with Gasteiger partial charge in [0.25, 0.3) is 0 Å². The molecule has 0 aliphatic rings. The minimum Gasteiger partial charge on any atom is -0.492 e. The van der Waals surface area contributed by atoms with Crippen LogP contribution >= 0.6 is 0 Å². The van der Waals surface area contributed by atoms with E-state index in [0.717, 1.165) is 13.1 Å². The van der Waals surface area contributed by atoms with E-state index < -0.39 is 10.0 Å². The highest BCUT2D eigenvalue weighted by atomic mass is 32.2. The van der Waals surface area contributed by atoms with Gasteiger partial charge in [-0.1, -0.05) is 13.8 Å². The third-order valence-corrected chi connectivity index (χ3v) is 4.07. The first kappa shape index (κ1) is 17.9. The van der Waals surface area contributed by atoms with Crippen LogP contribution < -0.4 is 15.6 Å². The number of rotatable bonds is 8. The average Bonchev–Trinajstić information content (AvgIpc) is 2.37. The second kappa shape index (κ2) is 7.22. The van der Waals surface area contributed by atoms with Crippen molar-refractivity contribution in [3.05, 3.63) is 24.3 Å². The lowest BCUT2D eigenvalue weighted by molar-refractivity contribution is 0.181. The van der Waals surface area contributed by atoms with Crippen LogP contribution in [0.15, 0.2) is 29.2 Å². The Morgan fingerprint density at radius 2 is 1.81 bits per heavy atom. The van der Waals surface area contributed by atoms with E-state index in [0.29, 0.717) is 18.9 Å². The standard InChI is InChI=1S/C14H25N3O3S/c1-14(2,10-15)11-17(3)8-9-20-12-4-6-13(7-5-12)21(16,18)19/h4-7H,8-11,15H2,1-3H3,(H2,16,18,19). The summed E-state index contributed by atoms with van der Waals surface area (Å²) in [4.78, 5) is 2.24. The first-order valence-corrected chi connectivity index (χ1v) is 8.33. The smallest absolute Gasteiger partial charge is 0.238 e. The van der Waals surface area contributed by atoms with Crippen molar-refractivity contribution >= 4 is 10.0 Å². The number of benzene rings is 1. The number of hydrogen-bond donors (Lipinski definition) is 2. The Kier molecular flexibility index (Phi) is 6.15.